The Hall–Kier alpha value is -0.330. The quantitative estimate of drug-likeness (QED) is 0.630. The monoisotopic (exact) mass is 206 g/mol. The molecule has 1 heteroatoms. The largest absolute Gasteiger partial charge is 0.299 e. The van der Waals surface area contributed by atoms with Gasteiger partial charge in [-0.05, 0) is 49.4 Å². The van der Waals surface area contributed by atoms with Crippen molar-refractivity contribution in [2.45, 2.75) is 51.9 Å². The van der Waals surface area contributed by atoms with E-state index in [1.54, 1.807) is 0 Å². The number of hydrogen-bond acceptors (Lipinski definition) is 1. The summed E-state index contributed by atoms with van der Waals surface area (Å²) in [6.07, 6.45) is 8.82. The summed E-state index contributed by atoms with van der Waals surface area (Å²) >= 11 is 0. The predicted molar refractivity (Wildman–Crippen MR) is 60.5 cm³/mol. The van der Waals surface area contributed by atoms with Crippen LogP contribution in [0.1, 0.15) is 51.9 Å². The van der Waals surface area contributed by atoms with Crippen molar-refractivity contribution in [1.29, 1.82) is 0 Å². The fourth-order valence-electron chi connectivity index (χ4n) is 4.47. The van der Waals surface area contributed by atoms with Crippen molar-refractivity contribution in [2.24, 2.45) is 29.6 Å². The van der Waals surface area contributed by atoms with E-state index in [2.05, 4.69) is 6.92 Å². The third-order valence-corrected chi connectivity index (χ3v) is 5.13. The third-order valence-electron chi connectivity index (χ3n) is 5.13. The number of unbranched alkanes of at least 4 members (excludes halogenated alkanes) is 2. The molecule has 84 valence electrons. The summed E-state index contributed by atoms with van der Waals surface area (Å²) < 4.78 is 0. The first-order valence-corrected chi connectivity index (χ1v) is 6.85. The number of ketones is 1. The van der Waals surface area contributed by atoms with E-state index >= 15 is 0 Å². The van der Waals surface area contributed by atoms with E-state index in [9.17, 15) is 4.79 Å². The Morgan fingerprint density at radius 3 is 2.40 bits per heavy atom. The average Bonchev–Trinajstić information content (AvgIpc) is 2.68. The first-order chi connectivity index (χ1) is 7.33. The highest BCUT2D eigenvalue weighted by atomic mass is 16.1. The molecule has 0 aliphatic heterocycles. The van der Waals surface area contributed by atoms with Gasteiger partial charge in [0.1, 0.15) is 5.78 Å². The highest BCUT2D eigenvalue weighted by molar-refractivity contribution is 5.84. The van der Waals surface area contributed by atoms with E-state index in [0.29, 0.717) is 11.7 Å². The van der Waals surface area contributed by atoms with Gasteiger partial charge in [0.05, 0.1) is 0 Å². The lowest BCUT2D eigenvalue weighted by Crippen LogP contribution is -2.09. The minimum absolute atomic E-state index is 0.535. The van der Waals surface area contributed by atoms with Crippen LogP contribution in [0, 0.1) is 29.6 Å². The number of hydrogen-bond donors (Lipinski definition) is 0. The summed E-state index contributed by atoms with van der Waals surface area (Å²) in [7, 11) is 0. The van der Waals surface area contributed by atoms with Crippen LogP contribution < -0.4 is 0 Å². The van der Waals surface area contributed by atoms with Gasteiger partial charge in [-0.15, -0.1) is 0 Å². The Kier molecular flexibility index (Phi) is 2.37. The van der Waals surface area contributed by atoms with Gasteiger partial charge in [-0.25, -0.2) is 0 Å². The van der Waals surface area contributed by atoms with Crippen LogP contribution in [0.5, 0.6) is 0 Å². The smallest absolute Gasteiger partial charge is 0.136 e. The Morgan fingerprint density at radius 2 is 1.80 bits per heavy atom. The standard InChI is InChI=1S/C14H22O/c1-2-3-4-5-11(15)14-12-9-6-7-10(8-9)13(12)14/h9-10,12-14H,2-8H2,1H3. The van der Waals surface area contributed by atoms with Gasteiger partial charge < -0.3 is 0 Å². The second-order valence-electron chi connectivity index (χ2n) is 5.94. The van der Waals surface area contributed by atoms with E-state index in [-0.39, 0.29) is 0 Å². The molecule has 1 nitrogen and oxygen atoms in total. The van der Waals surface area contributed by atoms with Crippen molar-refractivity contribution in [2.75, 3.05) is 0 Å². The molecule has 15 heavy (non-hydrogen) atoms. The normalized spacial score (nSPS) is 45.5. The van der Waals surface area contributed by atoms with Crippen LogP contribution in [0.3, 0.4) is 0 Å². The first-order valence-electron chi connectivity index (χ1n) is 6.85. The fourth-order valence-corrected chi connectivity index (χ4v) is 4.47. The summed E-state index contributed by atoms with van der Waals surface area (Å²) in [5.41, 5.74) is 0. The van der Waals surface area contributed by atoms with Crippen molar-refractivity contribution in [3.05, 3.63) is 0 Å². The summed E-state index contributed by atoms with van der Waals surface area (Å²) in [6, 6.07) is 0. The highest BCUT2D eigenvalue weighted by Crippen LogP contribution is 2.69. The zero-order valence-electron chi connectivity index (χ0n) is 9.74. The zero-order valence-corrected chi connectivity index (χ0v) is 9.74. The van der Waals surface area contributed by atoms with E-state index in [4.69, 9.17) is 0 Å². The first kappa shape index (κ1) is 9.86. The molecule has 0 radical (unpaired) electrons. The fraction of sp³-hybridized carbons (Fsp3) is 0.929. The van der Waals surface area contributed by atoms with E-state index in [0.717, 1.165) is 36.5 Å². The lowest BCUT2D eigenvalue weighted by atomic mass is 9.97. The van der Waals surface area contributed by atoms with Gasteiger partial charge in [0.15, 0.2) is 0 Å². The van der Waals surface area contributed by atoms with Gasteiger partial charge >= 0.3 is 0 Å². The summed E-state index contributed by atoms with van der Waals surface area (Å²) in [5.74, 6) is 4.79. The SMILES string of the molecule is CCCCCC(=O)C1C2C3CCC(C3)C12. The number of fused-ring (bicyclic) bond motifs is 5. The Bertz CT molecular complexity index is 255. The van der Waals surface area contributed by atoms with Crippen LogP contribution in [0.2, 0.25) is 0 Å². The van der Waals surface area contributed by atoms with Crippen LogP contribution >= 0.6 is 0 Å². The molecule has 0 aromatic carbocycles. The molecule has 0 aromatic rings. The van der Waals surface area contributed by atoms with Gasteiger partial charge in [0.25, 0.3) is 0 Å². The molecule has 0 spiro atoms. The van der Waals surface area contributed by atoms with Crippen molar-refractivity contribution < 1.29 is 4.79 Å². The third kappa shape index (κ3) is 1.46. The molecule has 4 unspecified atom stereocenters. The van der Waals surface area contributed by atoms with Gasteiger partial charge in [-0.3, -0.25) is 4.79 Å². The Labute approximate surface area is 92.6 Å². The summed E-state index contributed by atoms with van der Waals surface area (Å²) in [4.78, 5) is 12.0. The highest BCUT2D eigenvalue weighted by Gasteiger charge is 2.66. The average molecular weight is 206 g/mol. The van der Waals surface area contributed by atoms with Crippen molar-refractivity contribution >= 4 is 5.78 Å². The van der Waals surface area contributed by atoms with Gasteiger partial charge in [0.2, 0.25) is 0 Å². The zero-order chi connectivity index (χ0) is 10.4. The Balaban J connectivity index is 1.52. The molecule has 3 aliphatic carbocycles. The van der Waals surface area contributed by atoms with E-state index in [1.807, 2.05) is 0 Å². The minimum Gasteiger partial charge on any atom is -0.299 e. The molecule has 3 aliphatic rings. The topological polar surface area (TPSA) is 17.1 Å². The van der Waals surface area contributed by atoms with E-state index in [1.165, 1.54) is 32.1 Å². The van der Waals surface area contributed by atoms with Crippen LogP contribution in [-0.4, -0.2) is 5.78 Å². The molecule has 0 N–H and O–H groups in total. The second kappa shape index (κ2) is 3.61. The van der Waals surface area contributed by atoms with Gasteiger partial charge in [-0.1, -0.05) is 19.8 Å². The van der Waals surface area contributed by atoms with Crippen LogP contribution in [0.15, 0.2) is 0 Å². The molecule has 0 aromatic heterocycles. The Morgan fingerprint density at radius 1 is 1.13 bits per heavy atom. The molecular weight excluding hydrogens is 184 g/mol. The maximum absolute atomic E-state index is 12.0. The lowest BCUT2D eigenvalue weighted by molar-refractivity contribution is -0.121. The number of rotatable bonds is 5. The van der Waals surface area contributed by atoms with Crippen molar-refractivity contribution in [3.8, 4) is 0 Å². The predicted octanol–water partition coefficient (Wildman–Crippen LogP) is 3.43. The maximum atomic E-state index is 12.0. The molecule has 2 bridgehead atoms. The molecule has 0 saturated heterocycles. The van der Waals surface area contributed by atoms with Crippen molar-refractivity contribution in [1.82, 2.24) is 0 Å². The molecule has 0 heterocycles. The van der Waals surface area contributed by atoms with Crippen molar-refractivity contribution in [3.63, 3.8) is 0 Å². The second-order valence-corrected chi connectivity index (χ2v) is 5.94. The summed E-state index contributed by atoms with van der Waals surface area (Å²) in [6.45, 7) is 2.20. The molecular formula is C14H22O. The molecule has 3 saturated carbocycles. The number of carbonyl (C=O) groups excluding carboxylic acids is 1. The molecule has 0 amide bonds. The van der Waals surface area contributed by atoms with Crippen LogP contribution in [0.25, 0.3) is 0 Å². The van der Waals surface area contributed by atoms with Crippen LogP contribution in [0.4, 0.5) is 0 Å². The number of Topliss-reactive ketones (excluding diaryl/α,β-unsaturated/α-hetero) is 1. The maximum Gasteiger partial charge on any atom is 0.136 e. The van der Waals surface area contributed by atoms with Crippen LogP contribution in [-0.2, 0) is 4.79 Å². The van der Waals surface area contributed by atoms with Gasteiger partial charge in [0, 0.05) is 12.3 Å². The molecule has 3 fully saturated rings. The lowest BCUT2D eigenvalue weighted by Gasteiger charge is -2.07. The van der Waals surface area contributed by atoms with E-state index < -0.39 is 0 Å². The van der Waals surface area contributed by atoms with Gasteiger partial charge in [-0.2, -0.15) is 0 Å². The molecule has 3 rings (SSSR count). The minimum atomic E-state index is 0.535. The molecule has 4 atom stereocenters. The summed E-state index contributed by atoms with van der Waals surface area (Å²) in [5, 5.41) is 0. The number of carbonyl (C=O) groups is 1.